The molecule has 0 saturated heterocycles. The Morgan fingerprint density at radius 1 is 0.889 bits per heavy atom. The van der Waals surface area contributed by atoms with Gasteiger partial charge in [-0.25, -0.2) is 0 Å². The van der Waals surface area contributed by atoms with Crippen LogP contribution in [-0.4, -0.2) is 11.1 Å². The van der Waals surface area contributed by atoms with Gasteiger partial charge in [0.1, 0.15) is 0 Å². The average Bonchev–Trinajstić information content (AvgIpc) is 2.72. The number of benzene rings is 2. The minimum absolute atomic E-state index is 0.382. The Morgan fingerprint density at radius 3 is 2.11 bits per heavy atom. The van der Waals surface area contributed by atoms with E-state index in [-0.39, 0.29) is 7.92 Å². The molecule has 0 radical (unpaired) electrons. The molecule has 3 aliphatic rings. The van der Waals surface area contributed by atoms with Crippen molar-refractivity contribution in [2.24, 2.45) is 11.3 Å². The molecule has 2 heteroatoms. The van der Waals surface area contributed by atoms with Crippen LogP contribution in [0.2, 0.25) is 0 Å². The average molecular weight is 371 g/mol. The van der Waals surface area contributed by atoms with Crippen molar-refractivity contribution in [1.82, 2.24) is 4.98 Å². The lowest BCUT2D eigenvalue weighted by molar-refractivity contribution is -0.00172. The van der Waals surface area contributed by atoms with E-state index in [1.54, 1.807) is 0 Å². The molecule has 2 bridgehead atoms. The number of rotatable bonds is 4. The maximum Gasteiger partial charge on any atom is 0.0476 e. The summed E-state index contributed by atoms with van der Waals surface area (Å²) in [4.78, 5) is 4.90. The number of aromatic nitrogens is 1. The maximum absolute atomic E-state index is 4.90. The van der Waals surface area contributed by atoms with Crippen LogP contribution >= 0.6 is 7.92 Å². The third kappa shape index (κ3) is 2.75. The second-order valence-corrected chi connectivity index (χ2v) is 10.8. The zero-order valence-corrected chi connectivity index (χ0v) is 16.9. The van der Waals surface area contributed by atoms with Crippen LogP contribution < -0.4 is 10.6 Å². The molecule has 1 saturated carbocycles. The molecular formula is C25H26NP. The SMILES string of the molecule is CC1(C)[C@@H]2C[C@H]1[C@H](CP(c1ccccc1)c1ccccc1)c1ncccc12. The Hall–Kier alpha value is -1.98. The van der Waals surface area contributed by atoms with Gasteiger partial charge in [-0.15, -0.1) is 0 Å². The second-order valence-electron chi connectivity index (χ2n) is 8.58. The molecule has 1 nitrogen and oxygen atoms in total. The summed E-state index contributed by atoms with van der Waals surface area (Å²) in [6.07, 6.45) is 4.54. The van der Waals surface area contributed by atoms with Gasteiger partial charge in [0.25, 0.3) is 0 Å². The smallest absolute Gasteiger partial charge is 0.0476 e. The van der Waals surface area contributed by atoms with Gasteiger partial charge in [0.2, 0.25) is 0 Å². The van der Waals surface area contributed by atoms with Crippen molar-refractivity contribution in [2.45, 2.75) is 32.1 Å². The number of hydrogen-bond acceptors (Lipinski definition) is 1. The fourth-order valence-corrected chi connectivity index (χ4v) is 7.99. The first-order valence-electron chi connectivity index (χ1n) is 9.98. The lowest BCUT2D eigenvalue weighted by atomic mass is 9.45. The highest BCUT2D eigenvalue weighted by molar-refractivity contribution is 7.73. The zero-order valence-electron chi connectivity index (χ0n) is 16.0. The summed E-state index contributed by atoms with van der Waals surface area (Å²) in [6, 6.07) is 26.7. The van der Waals surface area contributed by atoms with Gasteiger partial charge < -0.3 is 0 Å². The van der Waals surface area contributed by atoms with Crippen molar-refractivity contribution >= 4 is 18.5 Å². The van der Waals surface area contributed by atoms with Gasteiger partial charge >= 0.3 is 0 Å². The van der Waals surface area contributed by atoms with Crippen LogP contribution in [0.1, 0.15) is 43.4 Å². The molecule has 0 unspecified atom stereocenters. The van der Waals surface area contributed by atoms with E-state index < -0.39 is 0 Å². The van der Waals surface area contributed by atoms with Crippen molar-refractivity contribution in [1.29, 1.82) is 0 Å². The molecule has 3 aromatic rings. The Balaban J connectivity index is 1.57. The van der Waals surface area contributed by atoms with Crippen molar-refractivity contribution < 1.29 is 0 Å². The summed E-state index contributed by atoms with van der Waals surface area (Å²) < 4.78 is 0. The van der Waals surface area contributed by atoms with E-state index in [9.17, 15) is 0 Å². The third-order valence-corrected chi connectivity index (χ3v) is 9.54. The van der Waals surface area contributed by atoms with E-state index >= 15 is 0 Å². The van der Waals surface area contributed by atoms with E-state index in [1.807, 2.05) is 6.20 Å². The highest BCUT2D eigenvalue weighted by atomic mass is 31.1. The molecule has 136 valence electrons. The van der Waals surface area contributed by atoms with Crippen molar-refractivity contribution in [2.75, 3.05) is 6.16 Å². The predicted molar refractivity (Wildman–Crippen MR) is 116 cm³/mol. The van der Waals surface area contributed by atoms with Crippen LogP contribution in [0.5, 0.6) is 0 Å². The van der Waals surface area contributed by atoms with Crippen molar-refractivity contribution in [3.05, 3.63) is 90.3 Å². The Labute approximate surface area is 163 Å². The standard InChI is InChI=1S/C25H26NP/c1-25(2)22-16-23(25)21(24-20(22)14-9-15-26-24)17-27(18-10-5-3-6-11-18)19-12-7-4-8-13-19/h3-15,21-23H,16-17H2,1-2H3/t21-,22+,23-/m0/s1. The molecule has 0 aliphatic heterocycles. The second kappa shape index (κ2) is 6.57. The molecule has 1 aromatic heterocycles. The summed E-state index contributed by atoms with van der Waals surface area (Å²) in [5, 5.41) is 2.96. The minimum Gasteiger partial charge on any atom is -0.261 e. The fraction of sp³-hybridized carbons (Fsp3) is 0.320. The number of nitrogens with zero attached hydrogens (tertiary/aromatic N) is 1. The fourth-order valence-electron chi connectivity index (χ4n) is 5.38. The highest BCUT2D eigenvalue weighted by Crippen LogP contribution is 2.67. The van der Waals surface area contributed by atoms with Crippen LogP contribution in [0.25, 0.3) is 0 Å². The van der Waals surface area contributed by atoms with Crippen molar-refractivity contribution in [3.8, 4) is 0 Å². The number of hydrogen-bond donors (Lipinski definition) is 0. The van der Waals surface area contributed by atoms with E-state index in [2.05, 4.69) is 86.6 Å². The Bertz CT molecular complexity index is 895. The van der Waals surface area contributed by atoms with Gasteiger partial charge in [0.05, 0.1) is 0 Å². The lowest BCUT2D eigenvalue weighted by Crippen LogP contribution is -2.51. The van der Waals surface area contributed by atoms with Crippen molar-refractivity contribution in [3.63, 3.8) is 0 Å². The summed E-state index contributed by atoms with van der Waals surface area (Å²) in [6.45, 7) is 4.95. The molecule has 1 fully saturated rings. The van der Waals surface area contributed by atoms with E-state index in [0.29, 0.717) is 17.3 Å². The molecule has 0 spiro atoms. The zero-order chi connectivity index (χ0) is 18.4. The molecule has 3 aliphatic carbocycles. The quantitative estimate of drug-likeness (QED) is 0.557. The van der Waals surface area contributed by atoms with E-state index in [0.717, 1.165) is 5.92 Å². The largest absolute Gasteiger partial charge is 0.261 e. The topological polar surface area (TPSA) is 12.9 Å². The third-order valence-electron chi connectivity index (χ3n) is 6.94. The summed E-state index contributed by atoms with van der Waals surface area (Å²) in [5.41, 5.74) is 3.30. The normalized spacial score (nSPS) is 24.9. The monoisotopic (exact) mass is 371 g/mol. The van der Waals surface area contributed by atoms with Crippen LogP contribution in [-0.2, 0) is 0 Å². The molecule has 1 heterocycles. The van der Waals surface area contributed by atoms with E-state index in [1.165, 1.54) is 34.4 Å². The van der Waals surface area contributed by atoms with E-state index in [4.69, 9.17) is 4.98 Å². The first kappa shape index (κ1) is 17.1. The number of pyridine rings is 1. The Kier molecular flexibility index (Phi) is 4.17. The molecule has 2 aromatic carbocycles. The van der Waals surface area contributed by atoms with Gasteiger partial charge in [-0.05, 0) is 60.0 Å². The first-order chi connectivity index (χ1) is 13.2. The predicted octanol–water partition coefficient (Wildman–Crippen LogP) is 5.44. The van der Waals surface area contributed by atoms with Gasteiger partial charge in [0, 0.05) is 17.8 Å². The molecule has 0 N–H and O–H groups in total. The molecule has 27 heavy (non-hydrogen) atoms. The van der Waals surface area contributed by atoms with Crippen LogP contribution in [0, 0.1) is 11.3 Å². The minimum atomic E-state index is -0.382. The molecule has 0 amide bonds. The van der Waals surface area contributed by atoms with Gasteiger partial charge in [-0.1, -0.05) is 80.6 Å². The maximum atomic E-state index is 4.90. The van der Waals surface area contributed by atoms with Crippen LogP contribution in [0.15, 0.2) is 79.0 Å². The molecule has 6 rings (SSSR count). The highest BCUT2D eigenvalue weighted by Gasteiger charge is 2.57. The van der Waals surface area contributed by atoms with Gasteiger partial charge in [-0.2, -0.15) is 0 Å². The van der Waals surface area contributed by atoms with Crippen LogP contribution in [0.3, 0.4) is 0 Å². The van der Waals surface area contributed by atoms with Gasteiger partial charge in [-0.3, -0.25) is 4.98 Å². The summed E-state index contributed by atoms with van der Waals surface area (Å²) >= 11 is 0. The van der Waals surface area contributed by atoms with Gasteiger partial charge in [0.15, 0.2) is 0 Å². The lowest BCUT2D eigenvalue weighted by Gasteiger charge is -2.60. The summed E-state index contributed by atoms with van der Waals surface area (Å²) in [5.74, 6) is 2.01. The Morgan fingerprint density at radius 2 is 1.52 bits per heavy atom. The van der Waals surface area contributed by atoms with Crippen LogP contribution in [0.4, 0.5) is 0 Å². The summed E-state index contributed by atoms with van der Waals surface area (Å²) in [7, 11) is -0.382. The first-order valence-corrected chi connectivity index (χ1v) is 11.5. The molecule has 3 atom stereocenters. The molecular weight excluding hydrogens is 345 g/mol.